The number of hydrogen-bond acceptors (Lipinski definition) is 3. The Morgan fingerprint density at radius 1 is 1.21 bits per heavy atom. The van der Waals surface area contributed by atoms with Gasteiger partial charge in [-0.2, -0.15) is 0 Å². The monoisotopic (exact) mass is 263 g/mol. The minimum atomic E-state index is -0.678. The summed E-state index contributed by atoms with van der Waals surface area (Å²) < 4.78 is 16.0. The van der Waals surface area contributed by atoms with Crippen molar-refractivity contribution in [1.29, 1.82) is 0 Å². The predicted octanol–water partition coefficient (Wildman–Crippen LogP) is 0.193. The molecule has 100 valence electrons. The Morgan fingerprint density at radius 2 is 1.95 bits per heavy atom. The Hall–Kier alpha value is -2.21. The van der Waals surface area contributed by atoms with Crippen LogP contribution in [0.3, 0.4) is 0 Å². The van der Waals surface area contributed by atoms with Gasteiger partial charge in [0.25, 0.3) is 0 Å². The summed E-state index contributed by atoms with van der Waals surface area (Å²) in [5.41, 5.74) is 5.28. The molecule has 19 heavy (non-hydrogen) atoms. The molecule has 0 radical (unpaired) electrons. The zero-order valence-electron chi connectivity index (χ0n) is 10.5. The van der Waals surface area contributed by atoms with Crippen molar-refractivity contribution < 1.29 is 4.39 Å². The fourth-order valence-electron chi connectivity index (χ4n) is 1.77. The first kappa shape index (κ1) is 13.2. The van der Waals surface area contributed by atoms with Crippen molar-refractivity contribution in [2.24, 2.45) is 12.8 Å². The Balaban J connectivity index is 2.45. The molecule has 0 unspecified atom stereocenters. The van der Waals surface area contributed by atoms with Crippen LogP contribution < -0.4 is 16.9 Å². The highest BCUT2D eigenvalue weighted by Crippen LogP contribution is 2.11. The minimum absolute atomic E-state index is 0.00852. The molecule has 1 aromatic heterocycles. The van der Waals surface area contributed by atoms with E-state index in [4.69, 9.17) is 5.73 Å². The molecule has 2 rings (SSSR count). The van der Waals surface area contributed by atoms with Crippen LogP contribution in [-0.2, 0) is 20.1 Å². The third-order valence-corrected chi connectivity index (χ3v) is 2.92. The van der Waals surface area contributed by atoms with E-state index in [-0.39, 0.29) is 6.54 Å². The maximum absolute atomic E-state index is 13.7. The van der Waals surface area contributed by atoms with Crippen LogP contribution in [-0.4, -0.2) is 9.13 Å². The highest BCUT2D eigenvalue weighted by molar-refractivity contribution is 5.25. The van der Waals surface area contributed by atoms with E-state index >= 15 is 0 Å². The summed E-state index contributed by atoms with van der Waals surface area (Å²) in [4.78, 5) is 23.2. The lowest BCUT2D eigenvalue weighted by Gasteiger charge is -2.08. The molecule has 6 heteroatoms. The molecular weight excluding hydrogens is 249 g/mol. The van der Waals surface area contributed by atoms with Crippen molar-refractivity contribution >= 4 is 0 Å². The molecule has 0 aliphatic carbocycles. The summed E-state index contributed by atoms with van der Waals surface area (Å²) in [5.74, 6) is -0.426. The number of benzene rings is 1. The minimum Gasteiger partial charge on any atom is -0.326 e. The number of aryl methyl sites for hydroxylation is 1. The lowest BCUT2D eigenvalue weighted by molar-refractivity contribution is 0.590. The Labute approximate surface area is 108 Å². The Kier molecular flexibility index (Phi) is 3.62. The summed E-state index contributed by atoms with van der Waals surface area (Å²) in [7, 11) is 1.49. The summed E-state index contributed by atoms with van der Waals surface area (Å²) in [6.45, 7) is 0.299. The number of nitrogens with zero attached hydrogens (tertiary/aromatic N) is 2. The smallest absolute Gasteiger partial charge is 0.316 e. The molecule has 0 fully saturated rings. The van der Waals surface area contributed by atoms with E-state index in [1.54, 1.807) is 12.1 Å². The van der Waals surface area contributed by atoms with Gasteiger partial charge in [0.15, 0.2) is 0 Å². The Bertz CT molecular complexity index is 719. The molecule has 0 aliphatic rings. The molecule has 2 N–H and O–H groups in total. The molecule has 0 saturated heterocycles. The normalized spacial score (nSPS) is 10.7. The number of aromatic nitrogens is 2. The average molecular weight is 263 g/mol. The van der Waals surface area contributed by atoms with Gasteiger partial charge >= 0.3 is 11.1 Å². The van der Waals surface area contributed by atoms with Crippen LogP contribution in [0.1, 0.15) is 11.1 Å². The average Bonchev–Trinajstić information content (AvgIpc) is 2.41. The quantitative estimate of drug-likeness (QED) is 0.804. The second kappa shape index (κ2) is 5.19. The standard InChI is InChI=1S/C13H14FN3O2/c1-16-4-5-17(13(19)12(16)18)8-10-6-9(7-15)2-3-11(10)14/h2-6H,7-8,15H2,1H3. The van der Waals surface area contributed by atoms with Crippen LogP contribution in [0.25, 0.3) is 0 Å². The second-order valence-corrected chi connectivity index (χ2v) is 4.28. The third kappa shape index (κ3) is 2.63. The van der Waals surface area contributed by atoms with E-state index < -0.39 is 16.9 Å². The van der Waals surface area contributed by atoms with E-state index in [0.29, 0.717) is 12.1 Å². The number of halogens is 1. The molecule has 5 nitrogen and oxygen atoms in total. The van der Waals surface area contributed by atoms with Crippen LogP contribution in [0.4, 0.5) is 4.39 Å². The lowest BCUT2D eigenvalue weighted by Crippen LogP contribution is -2.39. The number of nitrogens with two attached hydrogens (primary N) is 1. The first-order chi connectivity index (χ1) is 9.02. The fraction of sp³-hybridized carbons (Fsp3) is 0.231. The number of hydrogen-bond donors (Lipinski definition) is 1. The van der Waals surface area contributed by atoms with Gasteiger partial charge in [0.2, 0.25) is 0 Å². The van der Waals surface area contributed by atoms with E-state index in [1.807, 2.05) is 0 Å². The Morgan fingerprint density at radius 3 is 2.63 bits per heavy atom. The van der Waals surface area contributed by atoms with Gasteiger partial charge in [-0.05, 0) is 17.7 Å². The molecule has 0 spiro atoms. The second-order valence-electron chi connectivity index (χ2n) is 4.28. The highest BCUT2D eigenvalue weighted by atomic mass is 19.1. The van der Waals surface area contributed by atoms with Gasteiger partial charge in [-0.3, -0.25) is 9.59 Å². The van der Waals surface area contributed by atoms with Gasteiger partial charge in [-0.15, -0.1) is 0 Å². The van der Waals surface area contributed by atoms with Crippen molar-refractivity contribution in [3.63, 3.8) is 0 Å². The molecule has 0 amide bonds. The van der Waals surface area contributed by atoms with Crippen molar-refractivity contribution in [3.8, 4) is 0 Å². The molecule has 0 aliphatic heterocycles. The first-order valence-corrected chi connectivity index (χ1v) is 5.76. The van der Waals surface area contributed by atoms with E-state index in [9.17, 15) is 14.0 Å². The summed E-state index contributed by atoms with van der Waals surface area (Å²) in [6, 6.07) is 4.49. The van der Waals surface area contributed by atoms with Gasteiger partial charge in [-0.1, -0.05) is 6.07 Å². The van der Waals surface area contributed by atoms with Crippen LogP contribution in [0.2, 0.25) is 0 Å². The van der Waals surface area contributed by atoms with Crippen LogP contribution >= 0.6 is 0 Å². The van der Waals surface area contributed by atoms with Crippen molar-refractivity contribution in [3.05, 3.63) is 68.2 Å². The van der Waals surface area contributed by atoms with Crippen LogP contribution in [0, 0.1) is 5.82 Å². The number of rotatable bonds is 3. The molecule has 0 bridgehead atoms. The van der Waals surface area contributed by atoms with Gasteiger partial charge in [0.1, 0.15) is 5.82 Å². The molecule has 0 atom stereocenters. The van der Waals surface area contributed by atoms with E-state index in [2.05, 4.69) is 0 Å². The molecule has 0 saturated carbocycles. The van der Waals surface area contributed by atoms with Gasteiger partial charge in [-0.25, -0.2) is 4.39 Å². The maximum Gasteiger partial charge on any atom is 0.316 e. The van der Waals surface area contributed by atoms with Crippen molar-refractivity contribution in [2.75, 3.05) is 0 Å². The lowest BCUT2D eigenvalue weighted by atomic mass is 10.1. The van der Waals surface area contributed by atoms with Crippen LogP contribution in [0.5, 0.6) is 0 Å². The van der Waals surface area contributed by atoms with Crippen molar-refractivity contribution in [1.82, 2.24) is 9.13 Å². The van der Waals surface area contributed by atoms with Gasteiger partial charge in [0, 0.05) is 31.5 Å². The molecular formula is C13H14FN3O2. The van der Waals surface area contributed by atoms with Gasteiger partial charge in [0.05, 0.1) is 6.54 Å². The van der Waals surface area contributed by atoms with Gasteiger partial charge < -0.3 is 14.9 Å². The fourth-order valence-corrected chi connectivity index (χ4v) is 1.77. The maximum atomic E-state index is 13.7. The van der Waals surface area contributed by atoms with Crippen molar-refractivity contribution in [2.45, 2.75) is 13.1 Å². The SMILES string of the molecule is Cn1ccn(Cc2cc(CN)ccc2F)c(=O)c1=O. The van der Waals surface area contributed by atoms with E-state index in [0.717, 1.165) is 5.56 Å². The largest absolute Gasteiger partial charge is 0.326 e. The van der Waals surface area contributed by atoms with E-state index in [1.165, 1.54) is 34.6 Å². The van der Waals surface area contributed by atoms with Crippen LogP contribution in [0.15, 0.2) is 40.2 Å². The molecule has 1 heterocycles. The first-order valence-electron chi connectivity index (χ1n) is 5.76. The zero-order chi connectivity index (χ0) is 14.0. The third-order valence-electron chi connectivity index (χ3n) is 2.92. The highest BCUT2D eigenvalue weighted by Gasteiger charge is 2.07. The molecule has 1 aromatic carbocycles. The summed E-state index contributed by atoms with van der Waals surface area (Å²) in [5, 5.41) is 0. The summed E-state index contributed by atoms with van der Waals surface area (Å²) in [6.07, 6.45) is 2.92. The summed E-state index contributed by atoms with van der Waals surface area (Å²) >= 11 is 0. The molecule has 2 aromatic rings. The topological polar surface area (TPSA) is 70.0 Å². The predicted molar refractivity (Wildman–Crippen MR) is 69.3 cm³/mol. The zero-order valence-corrected chi connectivity index (χ0v) is 10.5.